The van der Waals surface area contributed by atoms with Crippen molar-refractivity contribution < 1.29 is 23.9 Å². The SMILES string of the molecule is CCc1ccc(N2C[C@H](C(=O)Oc3cccc(N4C(=O)[C@H]5C[C@H](C)CC[C@H]5C4=O)c3)CC2=O)cc1. The minimum absolute atomic E-state index is 0.0820. The second-order valence-corrected chi connectivity index (χ2v) is 9.99. The first-order valence-electron chi connectivity index (χ1n) is 12.4. The van der Waals surface area contributed by atoms with E-state index >= 15 is 0 Å². The van der Waals surface area contributed by atoms with Crippen molar-refractivity contribution in [1.82, 2.24) is 0 Å². The van der Waals surface area contributed by atoms with Crippen molar-refractivity contribution in [3.8, 4) is 5.75 Å². The van der Waals surface area contributed by atoms with E-state index in [0.717, 1.165) is 31.4 Å². The molecule has 2 aromatic carbocycles. The van der Waals surface area contributed by atoms with Crippen LogP contribution in [0.15, 0.2) is 48.5 Å². The van der Waals surface area contributed by atoms with Gasteiger partial charge in [0, 0.05) is 24.7 Å². The average molecular weight is 475 g/mol. The lowest BCUT2D eigenvalue weighted by atomic mass is 9.76. The molecule has 7 nitrogen and oxygen atoms in total. The zero-order chi connectivity index (χ0) is 24.7. The third-order valence-electron chi connectivity index (χ3n) is 7.60. The minimum Gasteiger partial charge on any atom is -0.426 e. The Labute approximate surface area is 205 Å². The van der Waals surface area contributed by atoms with Crippen LogP contribution in [-0.2, 0) is 25.6 Å². The average Bonchev–Trinajstić information content (AvgIpc) is 3.36. The topological polar surface area (TPSA) is 84.0 Å². The maximum absolute atomic E-state index is 13.0. The number of hydrogen-bond acceptors (Lipinski definition) is 5. The van der Waals surface area contributed by atoms with Crippen molar-refractivity contribution >= 4 is 35.1 Å². The number of esters is 1. The first kappa shape index (κ1) is 23.3. The van der Waals surface area contributed by atoms with Gasteiger partial charge in [0.1, 0.15) is 5.75 Å². The van der Waals surface area contributed by atoms with Gasteiger partial charge >= 0.3 is 5.97 Å². The van der Waals surface area contributed by atoms with E-state index in [1.54, 1.807) is 29.2 Å². The van der Waals surface area contributed by atoms with Crippen LogP contribution in [-0.4, -0.2) is 30.2 Å². The fourth-order valence-electron chi connectivity index (χ4n) is 5.56. The monoisotopic (exact) mass is 474 g/mol. The third kappa shape index (κ3) is 4.35. The van der Waals surface area contributed by atoms with Crippen molar-refractivity contribution in [2.45, 2.75) is 46.0 Å². The second kappa shape index (κ2) is 9.29. The van der Waals surface area contributed by atoms with Crippen molar-refractivity contribution in [2.75, 3.05) is 16.3 Å². The number of carbonyl (C=O) groups is 4. The molecule has 0 N–H and O–H groups in total. The molecule has 2 aliphatic heterocycles. The molecule has 7 heteroatoms. The highest BCUT2D eigenvalue weighted by atomic mass is 16.5. The molecule has 3 fully saturated rings. The van der Waals surface area contributed by atoms with Crippen LogP contribution in [0.1, 0.15) is 45.1 Å². The predicted molar refractivity (Wildman–Crippen MR) is 131 cm³/mol. The number of rotatable bonds is 5. The number of aryl methyl sites for hydroxylation is 1. The fraction of sp³-hybridized carbons (Fsp3) is 0.429. The molecule has 1 saturated carbocycles. The molecule has 35 heavy (non-hydrogen) atoms. The predicted octanol–water partition coefficient (Wildman–Crippen LogP) is 4.13. The van der Waals surface area contributed by atoms with E-state index in [9.17, 15) is 19.2 Å². The summed E-state index contributed by atoms with van der Waals surface area (Å²) in [5, 5.41) is 0. The smallest absolute Gasteiger partial charge is 0.316 e. The highest BCUT2D eigenvalue weighted by molar-refractivity contribution is 6.22. The van der Waals surface area contributed by atoms with Gasteiger partial charge in [-0.05, 0) is 61.4 Å². The van der Waals surface area contributed by atoms with E-state index in [1.807, 2.05) is 24.3 Å². The minimum atomic E-state index is -0.587. The van der Waals surface area contributed by atoms with Crippen LogP contribution in [0.2, 0.25) is 0 Å². The molecule has 2 heterocycles. The fourth-order valence-corrected chi connectivity index (χ4v) is 5.56. The molecule has 0 aromatic heterocycles. The Morgan fingerprint density at radius 3 is 2.46 bits per heavy atom. The molecule has 0 unspecified atom stereocenters. The molecular formula is C28H30N2O5. The number of benzene rings is 2. The third-order valence-corrected chi connectivity index (χ3v) is 7.60. The molecule has 3 aliphatic rings. The summed E-state index contributed by atoms with van der Waals surface area (Å²) in [5.74, 6) is -1.36. The van der Waals surface area contributed by atoms with Gasteiger partial charge in [-0.25, -0.2) is 4.90 Å². The van der Waals surface area contributed by atoms with Crippen molar-refractivity contribution in [1.29, 1.82) is 0 Å². The molecule has 2 aromatic rings. The van der Waals surface area contributed by atoms with E-state index in [1.165, 1.54) is 10.5 Å². The van der Waals surface area contributed by atoms with Crippen LogP contribution in [0, 0.1) is 23.7 Å². The van der Waals surface area contributed by atoms with Crippen LogP contribution in [0.5, 0.6) is 5.75 Å². The summed E-state index contributed by atoms with van der Waals surface area (Å²) in [6.45, 7) is 4.44. The molecule has 0 bridgehead atoms. The number of hydrogen-bond donors (Lipinski definition) is 0. The maximum Gasteiger partial charge on any atom is 0.316 e. The molecule has 1 aliphatic carbocycles. The molecule has 0 spiro atoms. The Kier molecular flexibility index (Phi) is 6.17. The van der Waals surface area contributed by atoms with E-state index in [2.05, 4.69) is 13.8 Å². The zero-order valence-electron chi connectivity index (χ0n) is 20.1. The Balaban J connectivity index is 1.27. The summed E-state index contributed by atoms with van der Waals surface area (Å²) in [5.41, 5.74) is 2.37. The number of carbonyl (C=O) groups excluding carboxylic acids is 4. The van der Waals surface area contributed by atoms with Gasteiger partial charge in [-0.2, -0.15) is 0 Å². The lowest BCUT2D eigenvalue weighted by Gasteiger charge is -2.25. The molecule has 182 valence electrons. The van der Waals surface area contributed by atoms with Crippen LogP contribution >= 0.6 is 0 Å². The lowest BCUT2D eigenvalue weighted by Crippen LogP contribution is -2.31. The van der Waals surface area contributed by atoms with Crippen LogP contribution in [0.4, 0.5) is 11.4 Å². The molecule has 0 radical (unpaired) electrons. The Bertz CT molecular complexity index is 1170. The maximum atomic E-state index is 13.0. The van der Waals surface area contributed by atoms with Gasteiger partial charge in [0.25, 0.3) is 0 Å². The summed E-state index contributed by atoms with van der Waals surface area (Å²) in [7, 11) is 0. The number of amides is 3. The van der Waals surface area contributed by atoms with Crippen molar-refractivity contribution in [2.24, 2.45) is 23.7 Å². The lowest BCUT2D eigenvalue weighted by molar-refractivity contribution is -0.139. The summed E-state index contributed by atoms with van der Waals surface area (Å²) < 4.78 is 5.61. The van der Waals surface area contributed by atoms with Crippen LogP contribution < -0.4 is 14.5 Å². The quantitative estimate of drug-likeness (QED) is 0.370. The highest BCUT2D eigenvalue weighted by Gasteiger charge is 2.50. The van der Waals surface area contributed by atoms with Gasteiger partial charge in [-0.1, -0.05) is 32.0 Å². The van der Waals surface area contributed by atoms with Gasteiger partial charge in [-0.3, -0.25) is 19.2 Å². The molecule has 5 rings (SSSR count). The van der Waals surface area contributed by atoms with Crippen LogP contribution in [0.25, 0.3) is 0 Å². The largest absolute Gasteiger partial charge is 0.426 e. The van der Waals surface area contributed by atoms with Gasteiger partial charge < -0.3 is 9.64 Å². The number of nitrogens with zero attached hydrogens (tertiary/aromatic N) is 2. The standard InChI is InChI=1S/C28H30N2O5/c1-3-18-8-10-20(11-9-18)29-16-19(14-25(29)31)28(34)35-22-6-4-5-21(15-22)30-26(32)23-12-7-17(2)13-24(23)27(30)33/h4-6,8-11,15,17,19,23-24H,3,7,12-14,16H2,1-2H3/t17-,19-,23-,24+/m1/s1. The number of fused-ring (bicyclic) bond motifs is 1. The van der Waals surface area contributed by atoms with E-state index in [4.69, 9.17) is 4.74 Å². The number of ether oxygens (including phenoxy) is 1. The van der Waals surface area contributed by atoms with Crippen LogP contribution in [0.3, 0.4) is 0 Å². The number of imide groups is 1. The van der Waals surface area contributed by atoms with Gasteiger partial charge in [0.05, 0.1) is 23.4 Å². The van der Waals surface area contributed by atoms with E-state index in [0.29, 0.717) is 11.6 Å². The van der Waals surface area contributed by atoms with Gasteiger partial charge in [-0.15, -0.1) is 0 Å². The molecule has 2 saturated heterocycles. The molecular weight excluding hydrogens is 444 g/mol. The molecule has 3 amide bonds. The van der Waals surface area contributed by atoms with Crippen molar-refractivity contribution in [3.63, 3.8) is 0 Å². The summed E-state index contributed by atoms with van der Waals surface area (Å²) in [6.07, 6.45) is 3.41. The second-order valence-electron chi connectivity index (χ2n) is 9.99. The molecule has 4 atom stereocenters. The van der Waals surface area contributed by atoms with Gasteiger partial charge in [0.15, 0.2) is 0 Å². The first-order valence-corrected chi connectivity index (χ1v) is 12.4. The van der Waals surface area contributed by atoms with Gasteiger partial charge in [0.2, 0.25) is 17.7 Å². The summed E-state index contributed by atoms with van der Waals surface area (Å²) in [4.78, 5) is 54.4. The highest BCUT2D eigenvalue weighted by Crippen LogP contribution is 2.42. The summed E-state index contributed by atoms with van der Waals surface area (Å²) in [6, 6.07) is 14.3. The normalized spacial score (nSPS) is 26.3. The van der Waals surface area contributed by atoms with Crippen molar-refractivity contribution in [3.05, 3.63) is 54.1 Å². The summed E-state index contributed by atoms with van der Waals surface area (Å²) >= 11 is 0. The first-order chi connectivity index (χ1) is 16.9. The Morgan fingerprint density at radius 1 is 0.971 bits per heavy atom. The Morgan fingerprint density at radius 2 is 1.71 bits per heavy atom. The van der Waals surface area contributed by atoms with E-state index in [-0.39, 0.29) is 48.3 Å². The number of anilines is 2. The Hall–Kier alpha value is -3.48. The van der Waals surface area contributed by atoms with E-state index < -0.39 is 11.9 Å². The zero-order valence-corrected chi connectivity index (χ0v) is 20.1.